The zero-order valence-corrected chi connectivity index (χ0v) is 10.5. The zero-order valence-electron chi connectivity index (χ0n) is 9.60. The number of primary amides is 1. The van der Waals surface area contributed by atoms with Crippen molar-refractivity contribution >= 4 is 29.7 Å². The number of thiol groups is 1. The number of carbonyl (C=O) groups excluding carboxylic acids is 1. The monoisotopic (exact) mass is 249 g/mol. The van der Waals surface area contributed by atoms with Gasteiger partial charge in [0.25, 0.3) is 0 Å². The number of aryl methyl sites for hydroxylation is 1. The van der Waals surface area contributed by atoms with Gasteiger partial charge in [-0.15, -0.1) is 0 Å². The van der Waals surface area contributed by atoms with Crippen molar-refractivity contribution in [2.75, 3.05) is 6.54 Å². The fourth-order valence-electron chi connectivity index (χ4n) is 1.91. The molecule has 17 heavy (non-hydrogen) atoms. The van der Waals surface area contributed by atoms with Gasteiger partial charge in [0.15, 0.2) is 0 Å². The first-order valence-electron chi connectivity index (χ1n) is 5.41. The number of nitrogens with one attached hydrogen (secondary N) is 1. The Labute approximate surface area is 105 Å². The van der Waals surface area contributed by atoms with Gasteiger partial charge in [-0.25, -0.2) is 4.79 Å². The molecule has 90 valence electrons. The molecule has 1 aromatic carbocycles. The molecule has 0 radical (unpaired) electrons. The molecule has 0 atom stereocenters. The molecule has 2 rings (SSSR count). The molecule has 4 nitrogen and oxygen atoms in total. The smallest absolute Gasteiger partial charge is 0.324 e. The third-order valence-corrected chi connectivity index (χ3v) is 3.25. The predicted molar refractivity (Wildman–Crippen MR) is 72.0 cm³/mol. The molecule has 0 unspecified atom stereocenters. The second-order valence-corrected chi connectivity index (χ2v) is 4.51. The Morgan fingerprint density at radius 3 is 3.00 bits per heavy atom. The van der Waals surface area contributed by atoms with Crippen molar-refractivity contribution in [1.82, 2.24) is 9.29 Å². The van der Waals surface area contributed by atoms with Gasteiger partial charge in [0.2, 0.25) is 0 Å². The van der Waals surface area contributed by atoms with Crippen LogP contribution in [0.4, 0.5) is 4.79 Å². The fourth-order valence-corrected chi connectivity index (χ4v) is 2.01. The van der Waals surface area contributed by atoms with Gasteiger partial charge < -0.3 is 10.7 Å². The minimum atomic E-state index is -0.524. The van der Waals surface area contributed by atoms with Crippen LogP contribution in [0.25, 0.3) is 10.9 Å². The maximum Gasteiger partial charge on any atom is 0.324 e. The Kier molecular flexibility index (Phi) is 3.28. The van der Waals surface area contributed by atoms with E-state index in [1.54, 1.807) is 0 Å². The number of nitrogens with two attached hydrogens (primary N) is 1. The highest BCUT2D eigenvalue weighted by atomic mass is 32.1. The Bertz CT molecular complexity index is 550. The Hall–Kier alpha value is -1.62. The van der Waals surface area contributed by atoms with E-state index >= 15 is 0 Å². The topological polar surface area (TPSA) is 62.1 Å². The summed E-state index contributed by atoms with van der Waals surface area (Å²) in [7, 11) is 0. The van der Waals surface area contributed by atoms with Gasteiger partial charge in [-0.3, -0.25) is 4.31 Å². The number of carbonyl (C=O) groups is 1. The van der Waals surface area contributed by atoms with Crippen molar-refractivity contribution < 1.29 is 4.79 Å². The first kappa shape index (κ1) is 11.9. The lowest BCUT2D eigenvalue weighted by Gasteiger charge is -2.11. The molecule has 1 heterocycles. The lowest BCUT2D eigenvalue weighted by Crippen LogP contribution is -2.29. The number of H-pyrrole nitrogens is 1. The molecule has 5 heteroatoms. The Morgan fingerprint density at radius 2 is 2.29 bits per heavy atom. The number of hydrogen-bond acceptors (Lipinski definition) is 2. The van der Waals surface area contributed by atoms with E-state index in [2.05, 4.69) is 36.9 Å². The lowest BCUT2D eigenvalue weighted by atomic mass is 10.1. The standard InChI is InChI=1S/C12H15N3OS/c1-8-3-2-4-10-9(7-14-11(8)10)5-6-15(17)12(13)16/h2-4,7,14,17H,5-6H2,1H3,(H2,13,16). The molecule has 0 fully saturated rings. The number of para-hydroxylation sites is 1. The normalized spacial score (nSPS) is 10.7. The number of nitrogens with zero attached hydrogens (tertiary/aromatic N) is 1. The summed E-state index contributed by atoms with van der Waals surface area (Å²) in [5, 5.41) is 1.19. The molecule has 0 saturated carbocycles. The minimum Gasteiger partial charge on any atom is -0.361 e. The number of urea groups is 1. The fraction of sp³-hybridized carbons (Fsp3) is 0.250. The number of aromatic amines is 1. The second-order valence-electron chi connectivity index (χ2n) is 4.02. The van der Waals surface area contributed by atoms with Crippen LogP contribution >= 0.6 is 12.8 Å². The first-order valence-corrected chi connectivity index (χ1v) is 5.81. The van der Waals surface area contributed by atoms with Gasteiger partial charge in [0.05, 0.1) is 0 Å². The van der Waals surface area contributed by atoms with E-state index in [0.717, 1.165) is 11.9 Å². The number of hydrogen-bond donors (Lipinski definition) is 3. The van der Waals surface area contributed by atoms with Gasteiger partial charge in [0.1, 0.15) is 0 Å². The van der Waals surface area contributed by atoms with Crippen LogP contribution in [0.2, 0.25) is 0 Å². The van der Waals surface area contributed by atoms with Crippen molar-refractivity contribution in [3.8, 4) is 0 Å². The van der Waals surface area contributed by atoms with Crippen molar-refractivity contribution in [1.29, 1.82) is 0 Å². The summed E-state index contributed by atoms with van der Waals surface area (Å²) in [5.41, 5.74) is 8.65. The third kappa shape index (κ3) is 2.39. The van der Waals surface area contributed by atoms with Crippen molar-refractivity contribution in [2.24, 2.45) is 5.73 Å². The molecule has 0 saturated heterocycles. The van der Waals surface area contributed by atoms with Gasteiger partial charge >= 0.3 is 6.03 Å². The molecule has 0 aliphatic heterocycles. The van der Waals surface area contributed by atoms with E-state index in [-0.39, 0.29) is 0 Å². The molecule has 2 aromatic rings. The second kappa shape index (κ2) is 4.71. The lowest BCUT2D eigenvalue weighted by molar-refractivity contribution is 0.235. The third-order valence-electron chi connectivity index (χ3n) is 2.86. The van der Waals surface area contributed by atoms with Crippen LogP contribution in [0, 0.1) is 6.92 Å². The van der Waals surface area contributed by atoms with Crippen molar-refractivity contribution in [2.45, 2.75) is 13.3 Å². The van der Waals surface area contributed by atoms with Crippen LogP contribution in [-0.2, 0) is 6.42 Å². The maximum atomic E-state index is 10.8. The van der Waals surface area contributed by atoms with Crippen molar-refractivity contribution in [3.05, 3.63) is 35.5 Å². The van der Waals surface area contributed by atoms with Gasteiger partial charge in [-0.1, -0.05) is 31.0 Å². The first-order chi connectivity index (χ1) is 8.09. The number of aromatic nitrogens is 1. The summed E-state index contributed by atoms with van der Waals surface area (Å²) < 4.78 is 1.22. The molecular weight excluding hydrogens is 234 g/mol. The molecule has 3 N–H and O–H groups in total. The minimum absolute atomic E-state index is 0.499. The van der Waals surface area contributed by atoms with E-state index in [1.165, 1.54) is 20.8 Å². The maximum absolute atomic E-state index is 10.8. The number of fused-ring (bicyclic) bond motifs is 1. The van der Waals surface area contributed by atoms with Gasteiger partial charge in [-0.05, 0) is 24.5 Å². The summed E-state index contributed by atoms with van der Waals surface area (Å²) in [6.07, 6.45) is 2.70. The molecule has 1 aromatic heterocycles. The van der Waals surface area contributed by atoms with E-state index in [4.69, 9.17) is 5.73 Å². The molecule has 2 amide bonds. The van der Waals surface area contributed by atoms with Gasteiger partial charge in [0, 0.05) is 23.6 Å². The summed E-state index contributed by atoms with van der Waals surface area (Å²) in [6.45, 7) is 2.57. The highest BCUT2D eigenvalue weighted by Crippen LogP contribution is 2.21. The van der Waals surface area contributed by atoms with Crippen LogP contribution in [0.1, 0.15) is 11.1 Å². The molecule has 0 bridgehead atoms. The van der Waals surface area contributed by atoms with Crippen molar-refractivity contribution in [3.63, 3.8) is 0 Å². The number of benzene rings is 1. The van der Waals surface area contributed by atoms with Crippen LogP contribution in [-0.4, -0.2) is 21.9 Å². The summed E-state index contributed by atoms with van der Waals surface area (Å²) in [4.78, 5) is 14.1. The molecule has 0 aliphatic rings. The predicted octanol–water partition coefficient (Wildman–Crippen LogP) is 2.24. The summed E-state index contributed by atoms with van der Waals surface area (Å²) in [6, 6.07) is 5.64. The Balaban J connectivity index is 2.20. The highest BCUT2D eigenvalue weighted by Gasteiger charge is 2.08. The van der Waals surface area contributed by atoms with Crippen LogP contribution in [0.5, 0.6) is 0 Å². The van der Waals surface area contributed by atoms with E-state index in [1.807, 2.05) is 12.3 Å². The number of rotatable bonds is 3. The SMILES string of the molecule is Cc1cccc2c(CCN(S)C(N)=O)c[nH]c12. The van der Waals surface area contributed by atoms with E-state index in [0.29, 0.717) is 6.54 Å². The molecule has 0 spiro atoms. The quantitative estimate of drug-likeness (QED) is 0.718. The van der Waals surface area contributed by atoms with E-state index < -0.39 is 6.03 Å². The Morgan fingerprint density at radius 1 is 1.53 bits per heavy atom. The van der Waals surface area contributed by atoms with Gasteiger partial charge in [-0.2, -0.15) is 0 Å². The average Bonchev–Trinajstić information content (AvgIpc) is 2.70. The number of amides is 2. The highest BCUT2D eigenvalue weighted by molar-refractivity contribution is 7.78. The largest absolute Gasteiger partial charge is 0.361 e. The average molecular weight is 249 g/mol. The van der Waals surface area contributed by atoms with Crippen LogP contribution in [0.3, 0.4) is 0 Å². The molecule has 0 aliphatic carbocycles. The zero-order chi connectivity index (χ0) is 12.4. The summed E-state index contributed by atoms with van der Waals surface area (Å²) >= 11 is 4.00. The summed E-state index contributed by atoms with van der Waals surface area (Å²) in [5.74, 6) is 0. The molecular formula is C12H15N3OS. The van der Waals surface area contributed by atoms with Crippen LogP contribution in [0.15, 0.2) is 24.4 Å². The van der Waals surface area contributed by atoms with E-state index in [9.17, 15) is 4.79 Å². The van der Waals surface area contributed by atoms with Crippen LogP contribution < -0.4 is 5.73 Å².